The van der Waals surface area contributed by atoms with Gasteiger partial charge in [0, 0.05) is 34.5 Å². The van der Waals surface area contributed by atoms with Gasteiger partial charge in [-0.15, -0.1) is 11.8 Å². The summed E-state index contributed by atoms with van der Waals surface area (Å²) in [7, 11) is 0. The quantitative estimate of drug-likeness (QED) is 0.937. The van der Waals surface area contributed by atoms with Gasteiger partial charge < -0.3 is 5.73 Å². The largest absolute Gasteiger partial charge is 0.326 e. The van der Waals surface area contributed by atoms with Crippen molar-refractivity contribution in [1.82, 2.24) is 4.98 Å². The summed E-state index contributed by atoms with van der Waals surface area (Å²) in [5.41, 5.74) is 10.2. The SMILES string of the molecule is CCc1ccc(CC(N)C2Cc3ccccc3S2)nc1. The molecule has 0 bridgehead atoms. The molecule has 0 fully saturated rings. The first-order valence-corrected chi connectivity index (χ1v) is 8.08. The van der Waals surface area contributed by atoms with Crippen LogP contribution >= 0.6 is 11.8 Å². The van der Waals surface area contributed by atoms with Crippen LogP contribution in [0.4, 0.5) is 0 Å². The van der Waals surface area contributed by atoms with Crippen LogP contribution in [-0.4, -0.2) is 16.3 Å². The van der Waals surface area contributed by atoms with Gasteiger partial charge in [-0.05, 0) is 36.1 Å². The molecular weight excluding hydrogens is 264 g/mol. The second-order valence-corrected chi connectivity index (χ2v) is 6.63. The molecule has 1 aliphatic rings. The Morgan fingerprint density at radius 3 is 2.85 bits per heavy atom. The van der Waals surface area contributed by atoms with Crippen molar-refractivity contribution in [2.75, 3.05) is 0 Å². The van der Waals surface area contributed by atoms with Gasteiger partial charge in [0.05, 0.1) is 0 Å². The first kappa shape index (κ1) is 13.7. The number of hydrogen-bond acceptors (Lipinski definition) is 3. The lowest BCUT2D eigenvalue weighted by Gasteiger charge is -2.17. The average molecular weight is 284 g/mol. The lowest BCUT2D eigenvalue weighted by Crippen LogP contribution is -2.34. The molecule has 2 unspecified atom stereocenters. The zero-order valence-electron chi connectivity index (χ0n) is 11.8. The molecule has 3 heteroatoms. The average Bonchev–Trinajstić information content (AvgIpc) is 2.92. The molecule has 0 saturated carbocycles. The highest BCUT2D eigenvalue weighted by molar-refractivity contribution is 8.00. The van der Waals surface area contributed by atoms with Crippen LogP contribution in [0.3, 0.4) is 0 Å². The Labute approximate surface area is 124 Å². The third kappa shape index (κ3) is 2.89. The molecule has 1 aromatic heterocycles. The van der Waals surface area contributed by atoms with Crippen LogP contribution in [0.25, 0.3) is 0 Å². The molecule has 104 valence electrons. The minimum absolute atomic E-state index is 0.160. The van der Waals surface area contributed by atoms with E-state index in [2.05, 4.69) is 48.3 Å². The fourth-order valence-corrected chi connectivity index (χ4v) is 3.93. The molecule has 1 aromatic carbocycles. The minimum atomic E-state index is 0.160. The summed E-state index contributed by atoms with van der Waals surface area (Å²) in [4.78, 5) is 5.91. The van der Waals surface area contributed by atoms with Crippen LogP contribution in [0, 0.1) is 0 Å². The van der Waals surface area contributed by atoms with E-state index in [4.69, 9.17) is 5.73 Å². The highest BCUT2D eigenvalue weighted by Gasteiger charge is 2.27. The number of rotatable bonds is 4. The Kier molecular flexibility index (Phi) is 4.08. The summed E-state index contributed by atoms with van der Waals surface area (Å²) in [6.45, 7) is 2.15. The fourth-order valence-electron chi connectivity index (χ4n) is 2.61. The molecule has 0 spiro atoms. The number of nitrogens with zero attached hydrogens (tertiary/aromatic N) is 1. The Balaban J connectivity index is 1.64. The molecule has 0 aliphatic carbocycles. The van der Waals surface area contributed by atoms with Crippen LogP contribution in [0.5, 0.6) is 0 Å². The van der Waals surface area contributed by atoms with Crippen LogP contribution in [0.2, 0.25) is 0 Å². The van der Waals surface area contributed by atoms with Crippen molar-refractivity contribution >= 4 is 11.8 Å². The molecular formula is C17H20N2S. The molecule has 3 rings (SSSR count). The number of benzene rings is 1. The van der Waals surface area contributed by atoms with E-state index in [0.717, 1.165) is 25.0 Å². The molecule has 2 nitrogen and oxygen atoms in total. The van der Waals surface area contributed by atoms with Crippen molar-refractivity contribution in [2.45, 2.75) is 42.4 Å². The van der Waals surface area contributed by atoms with Gasteiger partial charge in [-0.1, -0.05) is 31.2 Å². The van der Waals surface area contributed by atoms with E-state index in [9.17, 15) is 0 Å². The maximum absolute atomic E-state index is 6.40. The lowest BCUT2D eigenvalue weighted by molar-refractivity contribution is 0.624. The van der Waals surface area contributed by atoms with Crippen LogP contribution < -0.4 is 5.73 Å². The maximum atomic E-state index is 6.40. The number of thioether (sulfide) groups is 1. The summed E-state index contributed by atoms with van der Waals surface area (Å²) in [5.74, 6) is 0. The minimum Gasteiger partial charge on any atom is -0.326 e. The van der Waals surface area contributed by atoms with E-state index in [-0.39, 0.29) is 6.04 Å². The van der Waals surface area contributed by atoms with Crippen molar-refractivity contribution < 1.29 is 0 Å². The summed E-state index contributed by atoms with van der Waals surface area (Å²) < 4.78 is 0. The summed E-state index contributed by atoms with van der Waals surface area (Å²) >= 11 is 1.92. The van der Waals surface area contributed by atoms with E-state index in [1.807, 2.05) is 18.0 Å². The molecule has 0 amide bonds. The summed E-state index contributed by atoms with van der Waals surface area (Å²) in [6, 6.07) is 13.1. The molecule has 2 N–H and O–H groups in total. The first-order valence-electron chi connectivity index (χ1n) is 7.20. The van der Waals surface area contributed by atoms with Gasteiger partial charge in [0.15, 0.2) is 0 Å². The Hall–Kier alpha value is -1.32. The number of aromatic nitrogens is 1. The molecule has 2 heterocycles. The van der Waals surface area contributed by atoms with E-state index < -0.39 is 0 Å². The van der Waals surface area contributed by atoms with Gasteiger partial charge in [-0.3, -0.25) is 4.98 Å². The van der Waals surface area contributed by atoms with Crippen LogP contribution in [0.1, 0.15) is 23.7 Å². The second-order valence-electron chi connectivity index (χ2n) is 5.35. The lowest BCUT2D eigenvalue weighted by atomic mass is 10.0. The highest BCUT2D eigenvalue weighted by Crippen LogP contribution is 2.38. The smallest absolute Gasteiger partial charge is 0.0419 e. The Morgan fingerprint density at radius 2 is 2.15 bits per heavy atom. The molecule has 2 aromatic rings. The molecule has 0 saturated heterocycles. The molecule has 1 aliphatic heterocycles. The Bertz CT molecular complexity index is 555. The van der Waals surface area contributed by atoms with Gasteiger partial charge in [0.1, 0.15) is 0 Å². The van der Waals surface area contributed by atoms with Crippen molar-refractivity contribution in [3.63, 3.8) is 0 Å². The van der Waals surface area contributed by atoms with E-state index in [0.29, 0.717) is 5.25 Å². The first-order chi connectivity index (χ1) is 9.76. The second kappa shape index (κ2) is 5.98. The number of fused-ring (bicyclic) bond motifs is 1. The van der Waals surface area contributed by atoms with Gasteiger partial charge >= 0.3 is 0 Å². The van der Waals surface area contributed by atoms with Crippen LogP contribution in [-0.2, 0) is 19.3 Å². The predicted molar refractivity (Wildman–Crippen MR) is 85.1 cm³/mol. The number of pyridine rings is 1. The van der Waals surface area contributed by atoms with Crippen molar-refractivity contribution in [2.24, 2.45) is 5.73 Å². The van der Waals surface area contributed by atoms with Crippen molar-refractivity contribution in [3.8, 4) is 0 Å². The number of nitrogens with two attached hydrogens (primary N) is 1. The van der Waals surface area contributed by atoms with Gasteiger partial charge in [0.25, 0.3) is 0 Å². The molecule has 0 radical (unpaired) electrons. The molecule has 20 heavy (non-hydrogen) atoms. The molecule has 2 atom stereocenters. The van der Waals surface area contributed by atoms with Crippen LogP contribution in [0.15, 0.2) is 47.5 Å². The van der Waals surface area contributed by atoms with E-state index >= 15 is 0 Å². The van der Waals surface area contributed by atoms with Crippen molar-refractivity contribution in [1.29, 1.82) is 0 Å². The zero-order valence-corrected chi connectivity index (χ0v) is 12.6. The number of hydrogen-bond donors (Lipinski definition) is 1. The van der Waals surface area contributed by atoms with Crippen molar-refractivity contribution in [3.05, 3.63) is 59.4 Å². The standard InChI is InChI=1S/C17H20N2S/c1-2-12-7-8-14(19-11-12)10-15(18)17-9-13-5-3-4-6-16(13)20-17/h3-8,11,15,17H,2,9-10,18H2,1H3. The summed E-state index contributed by atoms with van der Waals surface area (Å²) in [5, 5.41) is 0.472. The summed E-state index contributed by atoms with van der Waals surface area (Å²) in [6.07, 6.45) is 4.94. The fraction of sp³-hybridized carbons (Fsp3) is 0.353. The Morgan fingerprint density at radius 1 is 1.30 bits per heavy atom. The van der Waals surface area contributed by atoms with Gasteiger partial charge in [-0.25, -0.2) is 0 Å². The zero-order chi connectivity index (χ0) is 13.9. The maximum Gasteiger partial charge on any atom is 0.0419 e. The third-order valence-corrected chi connectivity index (χ3v) is 5.36. The van der Waals surface area contributed by atoms with Gasteiger partial charge in [-0.2, -0.15) is 0 Å². The topological polar surface area (TPSA) is 38.9 Å². The van der Waals surface area contributed by atoms with Gasteiger partial charge in [0.2, 0.25) is 0 Å². The van der Waals surface area contributed by atoms with E-state index in [1.54, 1.807) is 0 Å². The third-order valence-electron chi connectivity index (χ3n) is 3.89. The normalized spacial score (nSPS) is 18.8. The highest BCUT2D eigenvalue weighted by atomic mass is 32.2. The monoisotopic (exact) mass is 284 g/mol. The van der Waals surface area contributed by atoms with E-state index in [1.165, 1.54) is 16.0 Å². The number of aryl methyl sites for hydroxylation is 1. The predicted octanol–water partition coefficient (Wildman–Crippen LogP) is 3.23.